The number of amides is 2. The molecule has 1 aromatic carbocycles. The Kier molecular flexibility index (Phi) is 8.76. The second kappa shape index (κ2) is 11.3. The first kappa shape index (κ1) is 23.3. The number of methoxy groups -OCH3 is 3. The van der Waals surface area contributed by atoms with Gasteiger partial charge in [-0.05, 0) is 31.6 Å². The van der Waals surface area contributed by atoms with E-state index in [4.69, 9.17) is 19.3 Å². The summed E-state index contributed by atoms with van der Waals surface area (Å²) in [6.07, 6.45) is 3.01. The SMILES string of the molecule is COc1cc(OC)c(C(=O)NCC2CCC(C(=O)NCCC(=O)O)CC2)cc1OC. The van der Waals surface area contributed by atoms with E-state index in [1.54, 1.807) is 12.1 Å². The van der Waals surface area contributed by atoms with E-state index in [1.807, 2.05) is 0 Å². The maximum Gasteiger partial charge on any atom is 0.305 e. The molecule has 0 atom stereocenters. The van der Waals surface area contributed by atoms with Crippen LogP contribution in [0.15, 0.2) is 12.1 Å². The molecule has 1 aromatic rings. The number of aliphatic carboxylic acids is 1. The molecular formula is C21H30N2O7. The van der Waals surface area contributed by atoms with E-state index < -0.39 is 5.97 Å². The average molecular weight is 422 g/mol. The molecule has 0 aliphatic heterocycles. The van der Waals surface area contributed by atoms with Crippen LogP contribution in [0.1, 0.15) is 42.5 Å². The molecule has 30 heavy (non-hydrogen) atoms. The van der Waals surface area contributed by atoms with Crippen LogP contribution in [-0.2, 0) is 9.59 Å². The Labute approximate surface area is 176 Å². The predicted molar refractivity (Wildman–Crippen MR) is 109 cm³/mol. The Morgan fingerprint density at radius 3 is 2.10 bits per heavy atom. The summed E-state index contributed by atoms with van der Waals surface area (Å²) in [7, 11) is 4.50. The molecule has 9 heteroatoms. The highest BCUT2D eigenvalue weighted by atomic mass is 16.5. The van der Waals surface area contributed by atoms with Crippen molar-refractivity contribution in [3.05, 3.63) is 17.7 Å². The fourth-order valence-corrected chi connectivity index (χ4v) is 3.60. The third kappa shape index (κ3) is 6.27. The number of carbonyl (C=O) groups excluding carboxylic acids is 2. The number of hydrogen-bond donors (Lipinski definition) is 3. The van der Waals surface area contributed by atoms with Crippen molar-refractivity contribution >= 4 is 17.8 Å². The summed E-state index contributed by atoms with van der Waals surface area (Å²) in [5.74, 6) is 0.214. The van der Waals surface area contributed by atoms with Gasteiger partial charge in [0.1, 0.15) is 5.75 Å². The number of ether oxygens (including phenoxy) is 3. The van der Waals surface area contributed by atoms with E-state index >= 15 is 0 Å². The summed E-state index contributed by atoms with van der Waals surface area (Å²) in [6.45, 7) is 0.654. The van der Waals surface area contributed by atoms with Crippen LogP contribution < -0.4 is 24.8 Å². The van der Waals surface area contributed by atoms with Gasteiger partial charge in [0, 0.05) is 31.1 Å². The highest BCUT2D eigenvalue weighted by Crippen LogP contribution is 2.35. The first-order valence-corrected chi connectivity index (χ1v) is 9.97. The normalized spacial score (nSPS) is 18.2. The molecule has 0 aromatic heterocycles. The molecule has 9 nitrogen and oxygen atoms in total. The van der Waals surface area contributed by atoms with Crippen LogP contribution in [-0.4, -0.2) is 57.3 Å². The fourth-order valence-electron chi connectivity index (χ4n) is 3.60. The van der Waals surface area contributed by atoms with Gasteiger partial charge in [-0.1, -0.05) is 0 Å². The predicted octanol–water partition coefficient (Wildman–Crippen LogP) is 1.84. The van der Waals surface area contributed by atoms with Crippen molar-refractivity contribution in [3.63, 3.8) is 0 Å². The van der Waals surface area contributed by atoms with Gasteiger partial charge in [-0.2, -0.15) is 0 Å². The fraction of sp³-hybridized carbons (Fsp3) is 0.571. The lowest BCUT2D eigenvalue weighted by Crippen LogP contribution is -2.36. The van der Waals surface area contributed by atoms with Crippen LogP contribution in [0.3, 0.4) is 0 Å². The Morgan fingerprint density at radius 1 is 0.933 bits per heavy atom. The Hall–Kier alpha value is -2.97. The number of carboxylic acids is 1. The molecule has 0 unspecified atom stereocenters. The Balaban J connectivity index is 1.85. The van der Waals surface area contributed by atoms with Crippen molar-refractivity contribution < 1.29 is 33.7 Å². The molecule has 2 rings (SSSR count). The molecule has 1 saturated carbocycles. The minimum absolute atomic E-state index is 0.0767. The molecule has 0 bridgehead atoms. The van der Waals surface area contributed by atoms with E-state index in [0.717, 1.165) is 25.7 Å². The van der Waals surface area contributed by atoms with Crippen LogP contribution in [0.2, 0.25) is 0 Å². The topological polar surface area (TPSA) is 123 Å². The van der Waals surface area contributed by atoms with Gasteiger partial charge in [0.2, 0.25) is 5.91 Å². The third-order valence-corrected chi connectivity index (χ3v) is 5.36. The minimum Gasteiger partial charge on any atom is -0.496 e. The monoisotopic (exact) mass is 422 g/mol. The van der Waals surface area contributed by atoms with E-state index in [1.165, 1.54) is 21.3 Å². The van der Waals surface area contributed by atoms with Gasteiger partial charge >= 0.3 is 5.97 Å². The van der Waals surface area contributed by atoms with Crippen LogP contribution >= 0.6 is 0 Å². The van der Waals surface area contributed by atoms with E-state index in [-0.39, 0.29) is 36.6 Å². The van der Waals surface area contributed by atoms with Gasteiger partial charge in [-0.15, -0.1) is 0 Å². The number of hydrogen-bond acceptors (Lipinski definition) is 6. The molecule has 166 valence electrons. The molecule has 1 aliphatic rings. The van der Waals surface area contributed by atoms with E-state index in [0.29, 0.717) is 29.4 Å². The lowest BCUT2D eigenvalue weighted by Gasteiger charge is -2.28. The summed E-state index contributed by atoms with van der Waals surface area (Å²) in [4.78, 5) is 35.3. The quantitative estimate of drug-likeness (QED) is 0.526. The molecule has 3 N–H and O–H groups in total. The number of nitrogens with one attached hydrogen (secondary N) is 2. The maximum atomic E-state index is 12.7. The van der Waals surface area contributed by atoms with E-state index in [9.17, 15) is 14.4 Å². The molecule has 1 aliphatic carbocycles. The Bertz CT molecular complexity index is 758. The van der Waals surface area contributed by atoms with Gasteiger partial charge in [0.15, 0.2) is 11.5 Å². The van der Waals surface area contributed by atoms with Crippen molar-refractivity contribution in [1.29, 1.82) is 0 Å². The van der Waals surface area contributed by atoms with Crippen LogP contribution in [0.4, 0.5) is 0 Å². The first-order chi connectivity index (χ1) is 14.4. The van der Waals surface area contributed by atoms with Gasteiger partial charge in [0.25, 0.3) is 5.91 Å². The second-order valence-corrected chi connectivity index (χ2v) is 7.27. The maximum absolute atomic E-state index is 12.7. The van der Waals surface area contributed by atoms with Crippen LogP contribution in [0.25, 0.3) is 0 Å². The second-order valence-electron chi connectivity index (χ2n) is 7.27. The highest BCUT2D eigenvalue weighted by molar-refractivity contribution is 5.97. The lowest BCUT2D eigenvalue weighted by molar-refractivity contribution is -0.137. The summed E-state index contributed by atoms with van der Waals surface area (Å²) in [6, 6.07) is 3.20. The molecule has 0 heterocycles. The minimum atomic E-state index is -0.930. The zero-order valence-electron chi connectivity index (χ0n) is 17.7. The van der Waals surface area contributed by atoms with Crippen LogP contribution in [0, 0.1) is 11.8 Å². The summed E-state index contributed by atoms with van der Waals surface area (Å²) in [5.41, 5.74) is 0.363. The van der Waals surface area contributed by atoms with Gasteiger partial charge in [0.05, 0.1) is 33.3 Å². The molecular weight excluding hydrogens is 392 g/mol. The first-order valence-electron chi connectivity index (χ1n) is 9.97. The van der Waals surface area contributed by atoms with Gasteiger partial charge in [-0.25, -0.2) is 0 Å². The van der Waals surface area contributed by atoms with Crippen molar-refractivity contribution in [2.24, 2.45) is 11.8 Å². The summed E-state index contributed by atoms with van der Waals surface area (Å²) >= 11 is 0. The largest absolute Gasteiger partial charge is 0.496 e. The van der Waals surface area contributed by atoms with Gasteiger partial charge < -0.3 is 30.0 Å². The number of carboxylic acid groups (broad SMARTS) is 1. The van der Waals surface area contributed by atoms with Crippen molar-refractivity contribution in [1.82, 2.24) is 10.6 Å². The molecule has 2 amide bonds. The molecule has 0 spiro atoms. The Morgan fingerprint density at radius 2 is 1.53 bits per heavy atom. The number of rotatable bonds is 10. The molecule has 0 saturated heterocycles. The van der Waals surface area contributed by atoms with Crippen molar-refractivity contribution in [3.8, 4) is 17.2 Å². The smallest absolute Gasteiger partial charge is 0.305 e. The van der Waals surface area contributed by atoms with Crippen LogP contribution in [0.5, 0.6) is 17.2 Å². The van der Waals surface area contributed by atoms with Gasteiger partial charge in [-0.3, -0.25) is 14.4 Å². The summed E-state index contributed by atoms with van der Waals surface area (Å²) in [5, 5.41) is 14.3. The lowest BCUT2D eigenvalue weighted by atomic mass is 9.81. The zero-order valence-corrected chi connectivity index (χ0v) is 17.7. The summed E-state index contributed by atoms with van der Waals surface area (Å²) < 4.78 is 15.8. The third-order valence-electron chi connectivity index (χ3n) is 5.36. The number of carbonyl (C=O) groups is 3. The highest BCUT2D eigenvalue weighted by Gasteiger charge is 2.27. The molecule has 0 radical (unpaired) electrons. The number of benzene rings is 1. The van der Waals surface area contributed by atoms with E-state index in [2.05, 4.69) is 10.6 Å². The average Bonchev–Trinajstić information content (AvgIpc) is 2.76. The molecule has 1 fully saturated rings. The zero-order chi connectivity index (χ0) is 22.1. The van der Waals surface area contributed by atoms with Crippen molar-refractivity contribution in [2.45, 2.75) is 32.1 Å². The van der Waals surface area contributed by atoms with Crippen molar-refractivity contribution in [2.75, 3.05) is 34.4 Å². The standard InChI is InChI=1S/C21H30N2O7/c1-28-16-11-18(30-3)17(29-2)10-15(16)21(27)23-12-13-4-6-14(7-5-13)20(26)22-9-8-19(24)25/h10-11,13-14H,4-9,12H2,1-3H3,(H,22,26)(H,23,27)(H,24,25).